The van der Waals surface area contributed by atoms with Crippen LogP contribution in [0, 0.1) is 5.92 Å². The Hall–Kier alpha value is -2.53. The molecule has 2 aromatic carbocycles. The lowest BCUT2D eigenvalue weighted by Crippen LogP contribution is -2.41. The van der Waals surface area contributed by atoms with E-state index in [9.17, 15) is 4.79 Å². The number of benzene rings is 2. The van der Waals surface area contributed by atoms with Crippen molar-refractivity contribution in [1.82, 2.24) is 4.90 Å². The molecule has 2 aromatic rings. The highest BCUT2D eigenvalue weighted by Crippen LogP contribution is 2.33. The Balaban J connectivity index is 1.28. The van der Waals surface area contributed by atoms with Crippen LogP contribution >= 0.6 is 0 Å². The second-order valence-corrected chi connectivity index (χ2v) is 10.1. The lowest BCUT2D eigenvalue weighted by atomic mass is 9.88. The van der Waals surface area contributed by atoms with E-state index in [1.807, 2.05) is 17.0 Å². The van der Waals surface area contributed by atoms with Crippen LogP contribution in [-0.4, -0.2) is 43.3 Å². The van der Waals surface area contributed by atoms with Crippen molar-refractivity contribution in [2.75, 3.05) is 20.3 Å². The molecule has 2 aliphatic carbocycles. The van der Waals surface area contributed by atoms with E-state index in [1.165, 1.54) is 17.5 Å². The summed E-state index contributed by atoms with van der Waals surface area (Å²) in [5.74, 6) is 1.95. The van der Waals surface area contributed by atoms with Gasteiger partial charge in [0.1, 0.15) is 6.10 Å². The maximum absolute atomic E-state index is 13.5. The minimum atomic E-state index is 0.126. The van der Waals surface area contributed by atoms with Crippen molar-refractivity contribution >= 4 is 5.91 Å². The average molecular weight is 464 g/mol. The molecule has 5 heteroatoms. The van der Waals surface area contributed by atoms with Crippen molar-refractivity contribution in [1.29, 1.82) is 0 Å². The Morgan fingerprint density at radius 2 is 1.74 bits per heavy atom. The molecule has 0 spiro atoms. The zero-order valence-electron chi connectivity index (χ0n) is 20.3. The summed E-state index contributed by atoms with van der Waals surface area (Å²) in [4.78, 5) is 15.5. The van der Waals surface area contributed by atoms with E-state index in [4.69, 9.17) is 14.2 Å². The van der Waals surface area contributed by atoms with Crippen LogP contribution in [0.3, 0.4) is 0 Å². The molecule has 0 aromatic heterocycles. The zero-order chi connectivity index (χ0) is 23.3. The maximum atomic E-state index is 13.5. The Bertz CT molecular complexity index is 953. The van der Waals surface area contributed by atoms with Crippen molar-refractivity contribution in [2.45, 2.75) is 76.5 Å². The summed E-state index contributed by atoms with van der Waals surface area (Å²) in [5, 5.41) is 0. The third-order valence-corrected chi connectivity index (χ3v) is 7.62. The van der Waals surface area contributed by atoms with Gasteiger partial charge in [0.25, 0.3) is 0 Å². The third kappa shape index (κ3) is 5.41. The quantitative estimate of drug-likeness (QED) is 0.531. The first-order chi connectivity index (χ1) is 16.7. The van der Waals surface area contributed by atoms with Gasteiger partial charge in [-0.3, -0.25) is 4.79 Å². The topological polar surface area (TPSA) is 48.0 Å². The van der Waals surface area contributed by atoms with Crippen LogP contribution in [0.2, 0.25) is 0 Å². The minimum absolute atomic E-state index is 0.126. The lowest BCUT2D eigenvalue weighted by molar-refractivity contribution is -0.138. The monoisotopic (exact) mass is 463 g/mol. The molecule has 1 amide bonds. The van der Waals surface area contributed by atoms with Gasteiger partial charge < -0.3 is 19.1 Å². The van der Waals surface area contributed by atoms with Gasteiger partial charge in [0.2, 0.25) is 5.91 Å². The number of fused-ring (bicyclic) bond motifs is 1. The molecule has 0 N–H and O–H groups in total. The van der Waals surface area contributed by atoms with Crippen LogP contribution < -0.4 is 9.47 Å². The molecule has 1 saturated carbocycles. The van der Waals surface area contributed by atoms with Gasteiger partial charge in [-0.25, -0.2) is 0 Å². The van der Waals surface area contributed by atoms with Crippen LogP contribution in [0.25, 0.3) is 0 Å². The molecule has 1 aliphatic heterocycles. The van der Waals surface area contributed by atoms with Gasteiger partial charge in [-0.2, -0.15) is 0 Å². The summed E-state index contributed by atoms with van der Waals surface area (Å²) >= 11 is 0. The second-order valence-electron chi connectivity index (χ2n) is 10.1. The van der Waals surface area contributed by atoms with Crippen LogP contribution in [0.15, 0.2) is 42.5 Å². The summed E-state index contributed by atoms with van der Waals surface area (Å²) in [6.07, 6.45) is 9.85. The highest BCUT2D eigenvalue weighted by molar-refractivity contribution is 5.79. The van der Waals surface area contributed by atoms with Gasteiger partial charge in [0, 0.05) is 38.5 Å². The number of hydrogen-bond donors (Lipinski definition) is 0. The smallest absolute Gasteiger partial charge is 0.226 e. The summed E-state index contributed by atoms with van der Waals surface area (Å²) in [7, 11) is 1.69. The minimum Gasteiger partial charge on any atom is -0.493 e. The highest BCUT2D eigenvalue weighted by Gasteiger charge is 2.29. The predicted molar refractivity (Wildman–Crippen MR) is 132 cm³/mol. The van der Waals surface area contributed by atoms with E-state index < -0.39 is 0 Å². The highest BCUT2D eigenvalue weighted by atomic mass is 16.5. The third-order valence-electron chi connectivity index (χ3n) is 7.62. The van der Waals surface area contributed by atoms with Gasteiger partial charge in [0.15, 0.2) is 11.5 Å². The van der Waals surface area contributed by atoms with E-state index in [1.54, 1.807) is 7.11 Å². The molecule has 5 rings (SSSR count). The van der Waals surface area contributed by atoms with Crippen molar-refractivity contribution in [3.8, 4) is 11.5 Å². The van der Waals surface area contributed by atoms with Crippen molar-refractivity contribution in [3.63, 3.8) is 0 Å². The number of amides is 1. The van der Waals surface area contributed by atoms with Crippen LogP contribution in [0.5, 0.6) is 11.5 Å². The molecule has 3 aliphatic rings. The van der Waals surface area contributed by atoms with E-state index >= 15 is 0 Å². The van der Waals surface area contributed by atoms with Gasteiger partial charge in [-0.1, -0.05) is 49.6 Å². The Labute approximate surface area is 203 Å². The first-order valence-electron chi connectivity index (χ1n) is 13.0. The fourth-order valence-corrected chi connectivity index (χ4v) is 5.78. The lowest BCUT2D eigenvalue weighted by Gasteiger charge is -2.31. The van der Waals surface area contributed by atoms with Gasteiger partial charge >= 0.3 is 0 Å². The SMILES string of the molecule is COc1cc(CN(C[C@@H]2CCCO2)C(=O)C2CCCCC2)ccc1OC1Cc2ccccc2C1. The van der Waals surface area contributed by atoms with Gasteiger partial charge in [-0.05, 0) is 54.5 Å². The molecule has 0 bridgehead atoms. The summed E-state index contributed by atoms with van der Waals surface area (Å²) in [6, 6.07) is 14.7. The molecule has 34 heavy (non-hydrogen) atoms. The van der Waals surface area contributed by atoms with Crippen LogP contribution in [0.1, 0.15) is 61.6 Å². The average Bonchev–Trinajstić information content (AvgIpc) is 3.54. The molecule has 0 unspecified atom stereocenters. The molecular formula is C29H37NO4. The number of carbonyl (C=O) groups is 1. The Morgan fingerprint density at radius 1 is 0.971 bits per heavy atom. The summed E-state index contributed by atoms with van der Waals surface area (Å²) in [5.41, 5.74) is 3.81. The van der Waals surface area contributed by atoms with Crippen LogP contribution in [-0.2, 0) is 28.9 Å². The number of rotatable bonds is 8. The summed E-state index contributed by atoms with van der Waals surface area (Å²) in [6.45, 7) is 2.07. The first-order valence-corrected chi connectivity index (χ1v) is 13.0. The summed E-state index contributed by atoms with van der Waals surface area (Å²) < 4.78 is 18.0. The van der Waals surface area contributed by atoms with E-state index in [0.717, 1.165) is 75.0 Å². The maximum Gasteiger partial charge on any atom is 0.226 e. The molecule has 1 heterocycles. The molecule has 182 valence electrons. The molecule has 1 atom stereocenters. The number of nitrogens with zero attached hydrogens (tertiary/aromatic N) is 1. The predicted octanol–water partition coefficient (Wildman–Crippen LogP) is 5.33. The van der Waals surface area contributed by atoms with Gasteiger partial charge in [0.05, 0.1) is 13.2 Å². The number of hydrogen-bond acceptors (Lipinski definition) is 4. The molecular weight excluding hydrogens is 426 g/mol. The standard InChI is InChI=1S/C29H37NO4/c1-32-28-16-21(13-14-27(28)34-26-17-23-10-5-6-11-24(23)18-26)19-30(20-25-12-7-15-33-25)29(31)22-8-3-2-4-9-22/h5-6,10-11,13-14,16,22,25-26H,2-4,7-9,12,15,17-20H2,1H3/t25-/m0/s1. The van der Waals surface area contributed by atoms with Crippen molar-refractivity contribution in [3.05, 3.63) is 59.2 Å². The number of carbonyl (C=O) groups excluding carboxylic acids is 1. The van der Waals surface area contributed by atoms with Crippen molar-refractivity contribution < 1.29 is 19.0 Å². The number of ether oxygens (including phenoxy) is 3. The number of methoxy groups -OCH3 is 1. The largest absolute Gasteiger partial charge is 0.493 e. The fourth-order valence-electron chi connectivity index (χ4n) is 5.78. The molecule has 0 radical (unpaired) electrons. The normalized spacial score (nSPS) is 20.8. The van der Waals surface area contributed by atoms with E-state index in [2.05, 4.69) is 30.3 Å². The Morgan fingerprint density at radius 3 is 2.41 bits per heavy atom. The first kappa shape index (κ1) is 23.2. The van der Waals surface area contributed by atoms with E-state index in [-0.39, 0.29) is 18.1 Å². The van der Waals surface area contributed by atoms with E-state index in [0.29, 0.717) is 19.0 Å². The van der Waals surface area contributed by atoms with Crippen LogP contribution in [0.4, 0.5) is 0 Å². The molecule has 2 fully saturated rings. The zero-order valence-corrected chi connectivity index (χ0v) is 20.3. The fraction of sp³-hybridized carbons (Fsp3) is 0.552. The van der Waals surface area contributed by atoms with Crippen molar-refractivity contribution in [2.24, 2.45) is 5.92 Å². The molecule has 5 nitrogen and oxygen atoms in total. The van der Waals surface area contributed by atoms with Gasteiger partial charge in [-0.15, -0.1) is 0 Å². The second kappa shape index (κ2) is 10.8. The molecule has 1 saturated heterocycles. The Kier molecular flexibility index (Phi) is 7.39.